The highest BCUT2D eigenvalue weighted by atomic mass is 35.5. The highest BCUT2D eigenvalue weighted by Crippen LogP contribution is 2.31. The van der Waals surface area contributed by atoms with Crippen molar-refractivity contribution < 1.29 is 22.7 Å². The molecule has 0 aromatic carbocycles. The molecule has 1 aromatic rings. The van der Waals surface area contributed by atoms with Crippen LogP contribution < -0.4 is 5.32 Å². The van der Waals surface area contributed by atoms with Crippen molar-refractivity contribution in [2.45, 2.75) is 45.5 Å². The second-order valence-corrected chi connectivity index (χ2v) is 6.03. The third-order valence-corrected chi connectivity index (χ3v) is 3.09. The number of rotatable bonds is 4. The van der Waals surface area contributed by atoms with Crippen LogP contribution in [0.1, 0.15) is 27.2 Å². The van der Waals surface area contributed by atoms with Gasteiger partial charge in [-0.25, -0.2) is 9.37 Å². The second kappa shape index (κ2) is 6.31. The predicted octanol–water partition coefficient (Wildman–Crippen LogP) is 3.41. The molecule has 0 aliphatic rings. The van der Waals surface area contributed by atoms with Crippen LogP contribution in [0, 0.1) is 11.2 Å². The number of anilines is 1. The van der Waals surface area contributed by atoms with Crippen LogP contribution in [-0.4, -0.2) is 33.4 Å². The normalized spacial score (nSPS) is 15.7. The summed E-state index contributed by atoms with van der Waals surface area (Å²) in [6.07, 6.45) is -7.09. The molecule has 0 fully saturated rings. The number of aromatic nitrogens is 2. The van der Waals surface area contributed by atoms with E-state index in [1.165, 1.54) is 0 Å². The SMILES string of the molecule is CC(C)(C)C(CC(O)C(F)(F)F)Nc1nc(Cl)ncc1F. The van der Waals surface area contributed by atoms with Gasteiger partial charge in [0.25, 0.3) is 0 Å². The zero-order valence-corrected chi connectivity index (χ0v) is 12.4. The molecule has 1 aromatic heterocycles. The molecule has 21 heavy (non-hydrogen) atoms. The van der Waals surface area contributed by atoms with Crippen molar-refractivity contribution in [3.63, 3.8) is 0 Å². The minimum atomic E-state index is -4.74. The van der Waals surface area contributed by atoms with Crippen molar-refractivity contribution in [3.05, 3.63) is 17.3 Å². The first kappa shape index (κ1) is 17.9. The van der Waals surface area contributed by atoms with Gasteiger partial charge >= 0.3 is 6.18 Å². The monoisotopic (exact) mass is 329 g/mol. The first-order valence-corrected chi connectivity index (χ1v) is 6.48. The molecule has 0 aliphatic heterocycles. The van der Waals surface area contributed by atoms with E-state index in [0.29, 0.717) is 0 Å². The third kappa shape index (κ3) is 5.28. The van der Waals surface area contributed by atoms with Crippen LogP contribution in [0.4, 0.5) is 23.4 Å². The summed E-state index contributed by atoms with van der Waals surface area (Å²) in [5.74, 6) is -1.14. The van der Waals surface area contributed by atoms with Crippen molar-refractivity contribution in [3.8, 4) is 0 Å². The van der Waals surface area contributed by atoms with E-state index in [2.05, 4.69) is 15.3 Å². The summed E-state index contributed by atoms with van der Waals surface area (Å²) in [4.78, 5) is 7.02. The van der Waals surface area contributed by atoms with Crippen LogP contribution in [0.25, 0.3) is 0 Å². The Kier molecular flexibility index (Phi) is 5.38. The molecule has 2 atom stereocenters. The molecule has 0 bridgehead atoms. The lowest BCUT2D eigenvalue weighted by molar-refractivity contribution is -0.207. The Bertz CT molecular complexity index is 490. The van der Waals surface area contributed by atoms with E-state index in [1.54, 1.807) is 20.8 Å². The lowest BCUT2D eigenvalue weighted by atomic mass is 9.83. The zero-order valence-electron chi connectivity index (χ0n) is 11.7. The molecule has 0 saturated heterocycles. The van der Waals surface area contributed by atoms with Gasteiger partial charge < -0.3 is 10.4 Å². The quantitative estimate of drug-likeness (QED) is 0.656. The van der Waals surface area contributed by atoms with Crippen molar-refractivity contribution >= 4 is 17.4 Å². The number of hydrogen-bond acceptors (Lipinski definition) is 4. The second-order valence-electron chi connectivity index (χ2n) is 5.69. The van der Waals surface area contributed by atoms with Gasteiger partial charge in [0.2, 0.25) is 5.28 Å². The smallest absolute Gasteiger partial charge is 0.384 e. The van der Waals surface area contributed by atoms with Crippen LogP contribution in [0.3, 0.4) is 0 Å². The minimum absolute atomic E-state index is 0.233. The Balaban J connectivity index is 2.97. The van der Waals surface area contributed by atoms with E-state index in [1.807, 2.05) is 0 Å². The van der Waals surface area contributed by atoms with Gasteiger partial charge in [0.15, 0.2) is 17.7 Å². The van der Waals surface area contributed by atoms with Gasteiger partial charge in [-0.3, -0.25) is 0 Å². The van der Waals surface area contributed by atoms with E-state index in [9.17, 15) is 22.7 Å². The number of aliphatic hydroxyl groups is 1. The summed E-state index contributed by atoms with van der Waals surface area (Å²) in [5, 5.41) is 11.5. The summed E-state index contributed by atoms with van der Waals surface area (Å²) >= 11 is 5.53. The lowest BCUT2D eigenvalue weighted by Crippen LogP contribution is -2.42. The summed E-state index contributed by atoms with van der Waals surface area (Å²) in [6.45, 7) is 4.98. The number of nitrogens with zero attached hydrogens (tertiary/aromatic N) is 2. The number of nitrogens with one attached hydrogen (secondary N) is 1. The Labute approximate surface area is 124 Å². The molecule has 1 heterocycles. The van der Waals surface area contributed by atoms with Crippen LogP contribution in [-0.2, 0) is 0 Å². The third-order valence-electron chi connectivity index (χ3n) is 2.91. The fourth-order valence-electron chi connectivity index (χ4n) is 1.60. The van der Waals surface area contributed by atoms with Crippen LogP contribution in [0.15, 0.2) is 6.20 Å². The first-order chi connectivity index (χ1) is 9.41. The van der Waals surface area contributed by atoms with Gasteiger partial charge in [0, 0.05) is 12.5 Å². The maximum Gasteiger partial charge on any atom is 0.414 e. The van der Waals surface area contributed by atoms with Crippen LogP contribution in [0.5, 0.6) is 0 Å². The molecule has 1 rings (SSSR count). The highest BCUT2D eigenvalue weighted by molar-refractivity contribution is 6.28. The zero-order chi connectivity index (χ0) is 16.4. The molecule has 120 valence electrons. The van der Waals surface area contributed by atoms with Gasteiger partial charge in [-0.1, -0.05) is 20.8 Å². The minimum Gasteiger partial charge on any atom is -0.384 e. The number of halogens is 5. The Hall–Kier alpha value is -1.15. The summed E-state index contributed by atoms with van der Waals surface area (Å²) in [7, 11) is 0. The highest BCUT2D eigenvalue weighted by Gasteiger charge is 2.41. The summed E-state index contributed by atoms with van der Waals surface area (Å²) in [6, 6.07) is -0.880. The average Bonchev–Trinajstić information content (AvgIpc) is 2.30. The lowest BCUT2D eigenvalue weighted by Gasteiger charge is -2.33. The molecule has 0 saturated carbocycles. The fourth-order valence-corrected chi connectivity index (χ4v) is 1.73. The number of alkyl halides is 3. The van der Waals surface area contributed by atoms with Gasteiger partial charge in [-0.05, 0) is 17.0 Å². The maximum atomic E-state index is 13.6. The molecule has 0 aliphatic carbocycles. The summed E-state index contributed by atoms with van der Waals surface area (Å²) in [5.41, 5.74) is -0.684. The van der Waals surface area contributed by atoms with Gasteiger partial charge in [-0.15, -0.1) is 0 Å². The van der Waals surface area contributed by atoms with Gasteiger partial charge in [-0.2, -0.15) is 18.2 Å². The fraction of sp³-hybridized carbons (Fsp3) is 0.667. The molecule has 2 N–H and O–H groups in total. The molecule has 4 nitrogen and oxygen atoms in total. The molecular formula is C12H16ClF4N3O. The van der Waals surface area contributed by atoms with Crippen molar-refractivity contribution in [1.82, 2.24) is 9.97 Å². The first-order valence-electron chi connectivity index (χ1n) is 6.10. The van der Waals surface area contributed by atoms with E-state index in [4.69, 9.17) is 11.6 Å². The van der Waals surface area contributed by atoms with Crippen LogP contribution in [0.2, 0.25) is 5.28 Å². The number of hydrogen-bond donors (Lipinski definition) is 2. The molecule has 0 radical (unpaired) electrons. The topological polar surface area (TPSA) is 58.0 Å². The molecule has 2 unspecified atom stereocenters. The number of aliphatic hydroxyl groups excluding tert-OH is 1. The van der Waals surface area contributed by atoms with E-state index >= 15 is 0 Å². The Morgan fingerprint density at radius 1 is 1.33 bits per heavy atom. The van der Waals surface area contributed by atoms with Crippen molar-refractivity contribution in [1.29, 1.82) is 0 Å². The standard InChI is InChI=1S/C12H16ClF4N3O/c1-11(2,3)7(4-8(21)12(15,16)17)19-9-6(14)5-18-10(13)20-9/h5,7-8,21H,4H2,1-3H3,(H,18,19,20). The van der Waals surface area contributed by atoms with Gasteiger partial charge in [0.1, 0.15) is 0 Å². The Morgan fingerprint density at radius 2 is 1.90 bits per heavy atom. The van der Waals surface area contributed by atoms with Gasteiger partial charge in [0.05, 0.1) is 6.20 Å². The Morgan fingerprint density at radius 3 is 2.38 bits per heavy atom. The van der Waals surface area contributed by atoms with E-state index in [-0.39, 0.29) is 11.1 Å². The molecule has 9 heteroatoms. The molecule has 0 amide bonds. The average molecular weight is 330 g/mol. The van der Waals surface area contributed by atoms with E-state index < -0.39 is 36.0 Å². The molecular weight excluding hydrogens is 314 g/mol. The van der Waals surface area contributed by atoms with Crippen LogP contribution >= 0.6 is 11.6 Å². The predicted molar refractivity (Wildman–Crippen MR) is 70.5 cm³/mol. The largest absolute Gasteiger partial charge is 0.414 e. The summed E-state index contributed by atoms with van der Waals surface area (Å²) < 4.78 is 51.0. The van der Waals surface area contributed by atoms with Crippen molar-refractivity contribution in [2.24, 2.45) is 5.41 Å². The van der Waals surface area contributed by atoms with Crippen molar-refractivity contribution in [2.75, 3.05) is 5.32 Å². The maximum absolute atomic E-state index is 13.6. The molecule has 0 spiro atoms. The van der Waals surface area contributed by atoms with E-state index in [0.717, 1.165) is 6.20 Å².